The Morgan fingerprint density at radius 3 is 2.40 bits per heavy atom. The van der Waals surface area contributed by atoms with Crippen molar-refractivity contribution >= 4 is 17.4 Å². The molecule has 1 heterocycles. The Kier molecular flexibility index (Phi) is 3.73. The van der Waals surface area contributed by atoms with Gasteiger partial charge in [-0.3, -0.25) is 0 Å². The van der Waals surface area contributed by atoms with Crippen molar-refractivity contribution in [3.8, 4) is 0 Å². The van der Waals surface area contributed by atoms with Crippen molar-refractivity contribution in [2.75, 3.05) is 18.0 Å². The van der Waals surface area contributed by atoms with E-state index >= 15 is 0 Å². The lowest BCUT2D eigenvalue weighted by atomic mass is 10.4. The fraction of sp³-hybridized carbons (Fsp3) is 0.500. The number of halogens is 4. The SMILES string of the molecule is CCN(CC(F)(F)F)c1nccnc1Cl. The first-order valence-corrected chi connectivity index (χ1v) is 4.60. The summed E-state index contributed by atoms with van der Waals surface area (Å²) in [6.45, 7) is 0.677. The van der Waals surface area contributed by atoms with Gasteiger partial charge in [0.05, 0.1) is 0 Å². The van der Waals surface area contributed by atoms with Crippen LogP contribution < -0.4 is 4.90 Å². The molecule has 3 nitrogen and oxygen atoms in total. The number of hydrogen-bond donors (Lipinski definition) is 0. The number of hydrogen-bond acceptors (Lipinski definition) is 3. The predicted octanol–water partition coefficient (Wildman–Crippen LogP) is 2.52. The summed E-state index contributed by atoms with van der Waals surface area (Å²) in [5.41, 5.74) is 0. The Balaban J connectivity index is 2.88. The molecule has 7 heteroatoms. The molecule has 1 aromatic heterocycles. The van der Waals surface area contributed by atoms with E-state index in [0.29, 0.717) is 0 Å². The van der Waals surface area contributed by atoms with Crippen LogP contribution in [-0.2, 0) is 0 Å². The van der Waals surface area contributed by atoms with Crippen LogP contribution in [0.5, 0.6) is 0 Å². The molecule has 0 N–H and O–H groups in total. The molecule has 0 spiro atoms. The summed E-state index contributed by atoms with van der Waals surface area (Å²) in [6, 6.07) is 0. The van der Waals surface area contributed by atoms with E-state index in [1.165, 1.54) is 12.4 Å². The van der Waals surface area contributed by atoms with E-state index in [1.807, 2.05) is 0 Å². The molecule has 0 atom stereocenters. The van der Waals surface area contributed by atoms with Crippen LogP contribution in [0.1, 0.15) is 6.92 Å². The minimum absolute atomic E-state index is 0.0244. The van der Waals surface area contributed by atoms with Gasteiger partial charge < -0.3 is 4.90 Å². The molecule has 0 aliphatic rings. The molecule has 84 valence electrons. The van der Waals surface area contributed by atoms with Gasteiger partial charge in [-0.25, -0.2) is 9.97 Å². The molecule has 0 saturated carbocycles. The minimum Gasteiger partial charge on any atom is -0.345 e. The van der Waals surface area contributed by atoms with Crippen molar-refractivity contribution in [2.24, 2.45) is 0 Å². The van der Waals surface area contributed by atoms with Crippen molar-refractivity contribution in [3.63, 3.8) is 0 Å². The summed E-state index contributed by atoms with van der Waals surface area (Å²) < 4.78 is 36.5. The molecular weight excluding hydrogens is 231 g/mol. The summed E-state index contributed by atoms with van der Waals surface area (Å²) in [5.74, 6) is 0.0546. The molecule has 0 radical (unpaired) electrons. The second-order valence-electron chi connectivity index (χ2n) is 2.80. The van der Waals surface area contributed by atoms with Gasteiger partial charge in [0.15, 0.2) is 11.0 Å². The number of rotatable bonds is 3. The fourth-order valence-electron chi connectivity index (χ4n) is 1.08. The van der Waals surface area contributed by atoms with Crippen molar-refractivity contribution in [2.45, 2.75) is 13.1 Å². The molecular formula is C8H9ClF3N3. The lowest BCUT2D eigenvalue weighted by Crippen LogP contribution is -2.34. The van der Waals surface area contributed by atoms with Gasteiger partial charge in [0.1, 0.15) is 6.54 Å². The van der Waals surface area contributed by atoms with Crippen LogP contribution >= 0.6 is 11.6 Å². The third-order valence-corrected chi connectivity index (χ3v) is 1.95. The molecule has 0 fully saturated rings. The molecule has 0 aromatic carbocycles. The highest BCUT2D eigenvalue weighted by Gasteiger charge is 2.31. The van der Waals surface area contributed by atoms with E-state index in [4.69, 9.17) is 11.6 Å². The Morgan fingerprint density at radius 2 is 1.93 bits per heavy atom. The van der Waals surface area contributed by atoms with Gasteiger partial charge in [0.2, 0.25) is 0 Å². The van der Waals surface area contributed by atoms with Crippen molar-refractivity contribution in [3.05, 3.63) is 17.5 Å². The van der Waals surface area contributed by atoms with Gasteiger partial charge in [-0.2, -0.15) is 13.2 Å². The molecule has 1 aromatic rings. The Labute approximate surface area is 89.9 Å². The molecule has 0 aliphatic heterocycles. The van der Waals surface area contributed by atoms with Gasteiger partial charge in [-0.1, -0.05) is 11.6 Å². The molecule has 0 bridgehead atoms. The third-order valence-electron chi connectivity index (χ3n) is 1.69. The quantitative estimate of drug-likeness (QED) is 0.812. The van der Waals surface area contributed by atoms with Gasteiger partial charge >= 0.3 is 6.18 Å². The maximum Gasteiger partial charge on any atom is 0.405 e. The molecule has 15 heavy (non-hydrogen) atoms. The second kappa shape index (κ2) is 4.65. The number of alkyl halides is 3. The largest absolute Gasteiger partial charge is 0.405 e. The van der Waals surface area contributed by atoms with Gasteiger partial charge in [-0.15, -0.1) is 0 Å². The maximum atomic E-state index is 12.2. The highest BCUT2D eigenvalue weighted by Crippen LogP contribution is 2.24. The van der Waals surface area contributed by atoms with Gasteiger partial charge in [0.25, 0.3) is 0 Å². The first kappa shape index (κ1) is 12.0. The minimum atomic E-state index is -4.28. The topological polar surface area (TPSA) is 29.0 Å². The fourth-order valence-corrected chi connectivity index (χ4v) is 1.30. The first-order valence-electron chi connectivity index (χ1n) is 4.22. The van der Waals surface area contributed by atoms with Crippen molar-refractivity contribution < 1.29 is 13.2 Å². The predicted molar refractivity (Wildman–Crippen MR) is 51.0 cm³/mol. The zero-order chi connectivity index (χ0) is 11.5. The zero-order valence-electron chi connectivity index (χ0n) is 7.92. The number of anilines is 1. The summed E-state index contributed by atoms with van der Waals surface area (Å²) in [6.07, 6.45) is -1.65. The van der Waals surface area contributed by atoms with Gasteiger partial charge in [-0.05, 0) is 6.92 Å². The normalized spacial score (nSPS) is 11.5. The summed E-state index contributed by atoms with van der Waals surface area (Å²) in [4.78, 5) is 8.46. The third kappa shape index (κ3) is 3.54. The summed E-state index contributed by atoms with van der Waals surface area (Å²) in [5, 5.41) is -0.0244. The summed E-state index contributed by atoms with van der Waals surface area (Å²) in [7, 11) is 0. The molecule has 0 unspecified atom stereocenters. The zero-order valence-corrected chi connectivity index (χ0v) is 8.68. The van der Waals surface area contributed by atoms with Crippen LogP contribution in [-0.4, -0.2) is 29.2 Å². The molecule has 1 rings (SSSR count). The van der Waals surface area contributed by atoms with Crippen LogP contribution in [0.15, 0.2) is 12.4 Å². The Bertz CT molecular complexity index is 329. The van der Waals surface area contributed by atoms with Crippen LogP contribution in [0.25, 0.3) is 0 Å². The molecule has 0 saturated heterocycles. The summed E-state index contributed by atoms with van der Waals surface area (Å²) >= 11 is 5.64. The number of nitrogens with zero attached hydrogens (tertiary/aromatic N) is 3. The highest BCUT2D eigenvalue weighted by atomic mass is 35.5. The Morgan fingerprint density at radius 1 is 1.33 bits per heavy atom. The maximum absolute atomic E-state index is 12.2. The van der Waals surface area contributed by atoms with E-state index in [1.54, 1.807) is 6.92 Å². The van der Waals surface area contributed by atoms with E-state index in [2.05, 4.69) is 9.97 Å². The average Bonchev–Trinajstić information content (AvgIpc) is 2.14. The Hall–Kier alpha value is -1.04. The molecule has 0 amide bonds. The lowest BCUT2D eigenvalue weighted by molar-refractivity contribution is -0.119. The van der Waals surface area contributed by atoms with E-state index < -0.39 is 12.7 Å². The van der Waals surface area contributed by atoms with Crippen LogP contribution in [0, 0.1) is 0 Å². The number of aromatic nitrogens is 2. The lowest BCUT2D eigenvalue weighted by Gasteiger charge is -2.23. The smallest absolute Gasteiger partial charge is 0.345 e. The van der Waals surface area contributed by atoms with Crippen LogP contribution in [0.3, 0.4) is 0 Å². The van der Waals surface area contributed by atoms with E-state index in [-0.39, 0.29) is 17.5 Å². The van der Waals surface area contributed by atoms with Crippen molar-refractivity contribution in [1.82, 2.24) is 9.97 Å². The van der Waals surface area contributed by atoms with E-state index in [0.717, 1.165) is 4.90 Å². The van der Waals surface area contributed by atoms with E-state index in [9.17, 15) is 13.2 Å². The molecule has 0 aliphatic carbocycles. The second-order valence-corrected chi connectivity index (χ2v) is 3.16. The van der Waals surface area contributed by atoms with Crippen LogP contribution in [0.4, 0.5) is 19.0 Å². The van der Waals surface area contributed by atoms with Crippen LogP contribution in [0.2, 0.25) is 5.15 Å². The highest BCUT2D eigenvalue weighted by molar-refractivity contribution is 6.31. The standard InChI is InChI=1S/C8H9ClF3N3/c1-2-15(5-8(10,11)12)7-6(9)13-3-4-14-7/h3-4H,2,5H2,1H3. The van der Waals surface area contributed by atoms with Gasteiger partial charge in [0, 0.05) is 18.9 Å². The first-order chi connectivity index (χ1) is 6.94. The monoisotopic (exact) mass is 239 g/mol. The average molecular weight is 240 g/mol. The van der Waals surface area contributed by atoms with Crippen molar-refractivity contribution in [1.29, 1.82) is 0 Å².